The summed E-state index contributed by atoms with van der Waals surface area (Å²) in [6, 6.07) is 14.1. The molecule has 7 nitrogen and oxygen atoms in total. The van der Waals surface area contributed by atoms with E-state index in [2.05, 4.69) is 32.3 Å². The fraction of sp³-hybridized carbons (Fsp3) is 0.400. The van der Waals surface area contributed by atoms with Gasteiger partial charge in [0, 0.05) is 31.7 Å². The Labute approximate surface area is 219 Å². The van der Waals surface area contributed by atoms with Crippen molar-refractivity contribution in [2.24, 2.45) is 0 Å². The maximum absolute atomic E-state index is 13.3. The van der Waals surface area contributed by atoms with Gasteiger partial charge >= 0.3 is 0 Å². The van der Waals surface area contributed by atoms with Crippen LogP contribution in [0.25, 0.3) is 5.76 Å². The second-order valence-corrected chi connectivity index (χ2v) is 10.4. The maximum atomic E-state index is 13.3. The van der Waals surface area contributed by atoms with Gasteiger partial charge in [-0.3, -0.25) is 14.5 Å². The molecule has 2 aliphatic rings. The Morgan fingerprint density at radius 1 is 1.05 bits per heavy atom. The van der Waals surface area contributed by atoms with Gasteiger partial charge in [0.25, 0.3) is 11.7 Å². The molecule has 2 aromatic carbocycles. The Morgan fingerprint density at radius 2 is 1.70 bits per heavy atom. The lowest BCUT2D eigenvalue weighted by Crippen LogP contribution is -2.42. The van der Waals surface area contributed by atoms with Gasteiger partial charge < -0.3 is 19.5 Å². The molecule has 0 bridgehead atoms. The van der Waals surface area contributed by atoms with Gasteiger partial charge in [-0.1, -0.05) is 57.7 Å². The zero-order chi connectivity index (χ0) is 26.6. The van der Waals surface area contributed by atoms with E-state index in [9.17, 15) is 14.7 Å². The number of likely N-dealkylation sites (tertiary alicyclic amines) is 1. The first-order valence-corrected chi connectivity index (χ1v) is 12.7. The number of carbonyl (C=O) groups is 2. The first kappa shape index (κ1) is 26.6. The van der Waals surface area contributed by atoms with Gasteiger partial charge in [0.2, 0.25) is 0 Å². The van der Waals surface area contributed by atoms with Crippen LogP contribution in [0.15, 0.2) is 66.8 Å². The molecule has 0 spiro atoms. The molecule has 0 aliphatic carbocycles. The number of nitrogens with zero attached hydrogens (tertiary/aromatic N) is 2. The van der Waals surface area contributed by atoms with Gasteiger partial charge in [-0.05, 0) is 40.8 Å². The Bertz CT molecular complexity index is 1160. The fourth-order valence-electron chi connectivity index (χ4n) is 4.72. The summed E-state index contributed by atoms with van der Waals surface area (Å²) in [7, 11) is 0. The van der Waals surface area contributed by atoms with E-state index in [0.717, 1.165) is 24.2 Å². The molecule has 1 N–H and O–H groups in total. The number of morpholine rings is 1. The predicted octanol–water partition coefficient (Wildman–Crippen LogP) is 4.30. The molecule has 0 saturated carbocycles. The summed E-state index contributed by atoms with van der Waals surface area (Å²) in [5.74, 6) is -0.828. The van der Waals surface area contributed by atoms with Crippen molar-refractivity contribution in [1.82, 2.24) is 9.80 Å². The molecule has 2 aliphatic heterocycles. The number of hydrogen-bond acceptors (Lipinski definition) is 6. The van der Waals surface area contributed by atoms with Crippen molar-refractivity contribution in [3.8, 4) is 5.75 Å². The number of aliphatic hydroxyl groups is 1. The average molecular weight is 505 g/mol. The minimum absolute atomic E-state index is 0.0356. The van der Waals surface area contributed by atoms with Gasteiger partial charge in [0.05, 0.1) is 24.8 Å². The number of carbonyl (C=O) groups excluding carboxylic acids is 2. The van der Waals surface area contributed by atoms with Crippen LogP contribution in [-0.2, 0) is 19.7 Å². The van der Waals surface area contributed by atoms with Gasteiger partial charge in [0.15, 0.2) is 0 Å². The summed E-state index contributed by atoms with van der Waals surface area (Å²) in [6.07, 6.45) is 1.65. The van der Waals surface area contributed by atoms with Crippen LogP contribution >= 0.6 is 0 Å². The fourth-order valence-corrected chi connectivity index (χ4v) is 4.72. The van der Waals surface area contributed by atoms with Crippen molar-refractivity contribution in [3.05, 3.63) is 83.4 Å². The number of benzene rings is 2. The topological polar surface area (TPSA) is 79.3 Å². The van der Waals surface area contributed by atoms with Crippen molar-refractivity contribution in [2.75, 3.05) is 46.0 Å². The van der Waals surface area contributed by atoms with Crippen molar-refractivity contribution in [1.29, 1.82) is 0 Å². The second kappa shape index (κ2) is 11.3. The lowest BCUT2D eigenvalue weighted by atomic mass is 9.85. The molecule has 4 rings (SSSR count). The van der Waals surface area contributed by atoms with Gasteiger partial charge in [-0.25, -0.2) is 0 Å². The number of Topliss-reactive ketones (excluding diaryl/α,β-unsaturated/α-hetero) is 1. The van der Waals surface area contributed by atoms with Crippen LogP contribution in [0.2, 0.25) is 0 Å². The minimum atomic E-state index is -0.674. The molecule has 1 unspecified atom stereocenters. The van der Waals surface area contributed by atoms with Gasteiger partial charge in [0.1, 0.15) is 18.1 Å². The van der Waals surface area contributed by atoms with Crippen LogP contribution < -0.4 is 4.74 Å². The molecule has 2 heterocycles. The zero-order valence-corrected chi connectivity index (χ0v) is 21.9. The highest BCUT2D eigenvalue weighted by molar-refractivity contribution is 6.46. The van der Waals surface area contributed by atoms with E-state index in [1.165, 1.54) is 0 Å². The SMILES string of the molecule is C=CCOc1ccc(/C(O)=C2/C(=O)C(=O)N(CCN3CCOCC3)C2c2ccc(C(C)(C)C)cc2)cc1. The molecule has 37 heavy (non-hydrogen) atoms. The van der Waals surface area contributed by atoms with E-state index in [4.69, 9.17) is 9.47 Å². The van der Waals surface area contributed by atoms with Gasteiger partial charge in [-0.15, -0.1) is 0 Å². The van der Waals surface area contributed by atoms with Crippen LogP contribution in [0, 0.1) is 0 Å². The first-order chi connectivity index (χ1) is 17.7. The van der Waals surface area contributed by atoms with Crippen LogP contribution in [-0.4, -0.2) is 72.6 Å². The van der Waals surface area contributed by atoms with Crippen molar-refractivity contribution in [3.63, 3.8) is 0 Å². The second-order valence-electron chi connectivity index (χ2n) is 10.4. The summed E-state index contributed by atoms with van der Waals surface area (Å²) < 4.78 is 11.0. The van der Waals surface area contributed by atoms with Crippen LogP contribution in [0.3, 0.4) is 0 Å². The molecule has 1 amide bonds. The third kappa shape index (κ3) is 5.95. The third-order valence-corrected chi connectivity index (χ3v) is 6.89. The Kier molecular flexibility index (Phi) is 8.15. The van der Waals surface area contributed by atoms with Gasteiger partial charge in [-0.2, -0.15) is 0 Å². The number of ether oxygens (including phenoxy) is 2. The number of rotatable bonds is 8. The normalized spacial score (nSPS) is 20.3. The minimum Gasteiger partial charge on any atom is -0.507 e. The maximum Gasteiger partial charge on any atom is 0.295 e. The van der Waals surface area contributed by atoms with Crippen molar-refractivity contribution < 1.29 is 24.2 Å². The number of aliphatic hydroxyl groups excluding tert-OH is 1. The summed E-state index contributed by atoms with van der Waals surface area (Å²) in [5.41, 5.74) is 2.47. The highest BCUT2D eigenvalue weighted by Gasteiger charge is 2.46. The smallest absolute Gasteiger partial charge is 0.295 e. The lowest BCUT2D eigenvalue weighted by Gasteiger charge is -2.31. The van der Waals surface area contributed by atoms with E-state index in [1.54, 1.807) is 35.2 Å². The molecule has 2 saturated heterocycles. The molecule has 1 atom stereocenters. The standard InChI is InChI=1S/C30H36N2O5/c1-5-18-37-24-12-8-22(9-13-24)27(33)25-26(21-6-10-23(11-7-21)30(2,3)4)32(29(35)28(25)34)15-14-31-16-19-36-20-17-31/h5-13,26,33H,1,14-20H2,2-4H3/b27-25-. The van der Waals surface area contributed by atoms with E-state index >= 15 is 0 Å². The molecule has 0 aromatic heterocycles. The lowest BCUT2D eigenvalue weighted by molar-refractivity contribution is -0.140. The molecule has 2 aromatic rings. The number of hydrogen-bond donors (Lipinski definition) is 1. The van der Waals surface area contributed by atoms with E-state index in [-0.39, 0.29) is 16.7 Å². The summed E-state index contributed by atoms with van der Waals surface area (Å²) >= 11 is 0. The Hall–Kier alpha value is -3.42. The summed E-state index contributed by atoms with van der Waals surface area (Å²) in [4.78, 5) is 30.4. The van der Waals surface area contributed by atoms with Crippen molar-refractivity contribution >= 4 is 17.4 Å². The largest absolute Gasteiger partial charge is 0.507 e. The predicted molar refractivity (Wildman–Crippen MR) is 144 cm³/mol. The molecular formula is C30H36N2O5. The summed E-state index contributed by atoms with van der Waals surface area (Å²) in [5, 5.41) is 11.3. The van der Waals surface area contributed by atoms with Crippen LogP contribution in [0.1, 0.15) is 43.5 Å². The molecule has 0 radical (unpaired) electrons. The van der Waals surface area contributed by atoms with Crippen LogP contribution in [0.4, 0.5) is 0 Å². The molecular weight excluding hydrogens is 468 g/mol. The zero-order valence-electron chi connectivity index (χ0n) is 21.9. The molecule has 2 fully saturated rings. The average Bonchev–Trinajstić information content (AvgIpc) is 3.15. The monoisotopic (exact) mass is 504 g/mol. The Balaban J connectivity index is 1.71. The highest BCUT2D eigenvalue weighted by atomic mass is 16.5. The summed E-state index contributed by atoms with van der Waals surface area (Å²) in [6.45, 7) is 14.3. The molecule has 196 valence electrons. The highest BCUT2D eigenvalue weighted by Crippen LogP contribution is 2.40. The first-order valence-electron chi connectivity index (χ1n) is 12.7. The number of amides is 1. The van der Waals surface area contributed by atoms with E-state index in [1.807, 2.05) is 24.3 Å². The number of ketones is 1. The quantitative estimate of drug-likeness (QED) is 0.250. The van der Waals surface area contributed by atoms with Crippen LogP contribution in [0.5, 0.6) is 5.75 Å². The third-order valence-electron chi connectivity index (χ3n) is 6.89. The Morgan fingerprint density at radius 3 is 2.30 bits per heavy atom. The molecule has 7 heteroatoms. The van der Waals surface area contributed by atoms with E-state index < -0.39 is 17.7 Å². The van der Waals surface area contributed by atoms with E-state index in [0.29, 0.717) is 44.2 Å². The van der Waals surface area contributed by atoms with Crippen molar-refractivity contribution in [2.45, 2.75) is 32.2 Å².